The van der Waals surface area contributed by atoms with Gasteiger partial charge in [-0.2, -0.15) is 0 Å². The molecular formula is C22H25N2Na2O5P. The number of rotatable bonds is 5. The van der Waals surface area contributed by atoms with E-state index in [0.29, 0.717) is 31.6 Å². The van der Waals surface area contributed by atoms with Crippen LogP contribution in [0.2, 0.25) is 0 Å². The summed E-state index contributed by atoms with van der Waals surface area (Å²) < 4.78 is 18.6. The molecule has 4 saturated carbocycles. The Balaban J connectivity index is 0.00000122. The van der Waals surface area contributed by atoms with Crippen LogP contribution in [-0.4, -0.2) is 26.4 Å². The number of aromatic nitrogens is 2. The fraction of sp³-hybridized carbons (Fsp3) is 0.591. The molecule has 0 amide bonds. The third kappa shape index (κ3) is 4.31. The third-order valence-corrected chi connectivity index (χ3v) is 8.71. The molecule has 7 nitrogen and oxygen atoms in total. The van der Waals surface area contributed by atoms with Crippen LogP contribution in [0, 0.1) is 23.7 Å². The Labute approximate surface area is 232 Å². The van der Waals surface area contributed by atoms with Gasteiger partial charge in [-0.3, -0.25) is 0 Å². The minimum Gasteiger partial charge on any atom is -0.790 e. The predicted molar refractivity (Wildman–Crippen MR) is 105 cm³/mol. The average molecular weight is 474 g/mol. The number of benzene rings is 1. The minimum atomic E-state index is -5.02. The quantitative estimate of drug-likeness (QED) is 0.352. The van der Waals surface area contributed by atoms with Crippen LogP contribution in [0.4, 0.5) is 0 Å². The molecule has 1 aromatic carbocycles. The van der Waals surface area contributed by atoms with Crippen molar-refractivity contribution in [1.82, 2.24) is 9.55 Å². The Morgan fingerprint density at radius 2 is 1.88 bits per heavy atom. The molecule has 4 fully saturated rings. The normalized spacial score (nSPS) is 34.9. The van der Waals surface area contributed by atoms with E-state index >= 15 is 0 Å². The van der Waals surface area contributed by atoms with E-state index in [-0.39, 0.29) is 82.9 Å². The second-order valence-corrected chi connectivity index (χ2v) is 10.9. The van der Waals surface area contributed by atoms with Crippen LogP contribution in [0.5, 0.6) is 0 Å². The molecule has 2 aromatic rings. The number of hydrogen-bond donors (Lipinski definition) is 1. The van der Waals surface area contributed by atoms with Gasteiger partial charge in [0.2, 0.25) is 0 Å². The van der Waals surface area contributed by atoms with Crippen LogP contribution >= 0.6 is 7.82 Å². The Kier molecular flexibility index (Phi) is 7.34. The first-order chi connectivity index (χ1) is 14.3. The zero-order valence-corrected chi connectivity index (χ0v) is 23.5. The van der Waals surface area contributed by atoms with Gasteiger partial charge in [0.15, 0.2) is 0 Å². The molecule has 1 aliphatic heterocycles. The second kappa shape index (κ2) is 9.18. The van der Waals surface area contributed by atoms with E-state index < -0.39 is 19.5 Å². The van der Waals surface area contributed by atoms with Crippen LogP contribution in [0.15, 0.2) is 36.8 Å². The summed E-state index contributed by atoms with van der Waals surface area (Å²) in [6.45, 7) is 0. The minimum absolute atomic E-state index is 0. The summed E-state index contributed by atoms with van der Waals surface area (Å²) in [7, 11) is -5.02. The molecule has 0 saturated heterocycles. The van der Waals surface area contributed by atoms with Gasteiger partial charge in [-0.25, -0.2) is 4.98 Å². The van der Waals surface area contributed by atoms with Gasteiger partial charge in [-0.1, -0.05) is 24.3 Å². The molecule has 7 rings (SSSR count). The molecule has 4 aliphatic carbocycles. The van der Waals surface area contributed by atoms with Gasteiger partial charge in [0, 0.05) is 5.56 Å². The summed E-state index contributed by atoms with van der Waals surface area (Å²) in [6.07, 6.45) is 7.60. The number of aliphatic hydroxyl groups is 1. The maximum Gasteiger partial charge on any atom is 1.00 e. The molecule has 4 unspecified atom stereocenters. The average Bonchev–Trinajstić information content (AvgIpc) is 3.22. The molecule has 4 atom stereocenters. The molecule has 5 aliphatic rings. The van der Waals surface area contributed by atoms with Gasteiger partial charge in [0.25, 0.3) is 0 Å². The van der Waals surface area contributed by atoms with Crippen molar-refractivity contribution in [3.8, 4) is 11.3 Å². The smallest absolute Gasteiger partial charge is 0.790 e. The Hall–Kier alpha value is 0.500. The maximum atomic E-state index is 11.4. The Morgan fingerprint density at radius 1 is 1.19 bits per heavy atom. The van der Waals surface area contributed by atoms with Crippen molar-refractivity contribution in [1.29, 1.82) is 0 Å². The number of nitrogens with zero attached hydrogens (tertiary/aromatic N) is 2. The summed E-state index contributed by atoms with van der Waals surface area (Å²) in [4.78, 5) is 27.0. The molecule has 32 heavy (non-hydrogen) atoms. The van der Waals surface area contributed by atoms with Crippen LogP contribution in [0.1, 0.15) is 50.1 Å². The van der Waals surface area contributed by atoms with Gasteiger partial charge in [0.05, 0.1) is 43.8 Å². The monoisotopic (exact) mass is 474 g/mol. The van der Waals surface area contributed by atoms with Gasteiger partial charge >= 0.3 is 59.1 Å². The number of fused-ring (bicyclic) bond motifs is 3. The zero-order chi connectivity index (χ0) is 20.7. The van der Waals surface area contributed by atoms with E-state index in [4.69, 9.17) is 4.52 Å². The van der Waals surface area contributed by atoms with Crippen molar-refractivity contribution in [2.45, 2.75) is 56.3 Å². The van der Waals surface area contributed by atoms with Crippen molar-refractivity contribution in [2.75, 3.05) is 0 Å². The SMILES string of the molecule is O=P([O-])([O-])OC12CC3CC(C1)C(C(O)CC1c4ccccc4-c4cncn41)C(C3)C2.[Na+].[Na+]. The van der Waals surface area contributed by atoms with E-state index in [2.05, 4.69) is 21.7 Å². The molecule has 0 radical (unpaired) electrons. The summed E-state index contributed by atoms with van der Waals surface area (Å²) in [5.74, 6) is 0.925. The summed E-state index contributed by atoms with van der Waals surface area (Å²) in [6, 6.07) is 8.34. The second-order valence-electron chi connectivity index (χ2n) is 9.86. The van der Waals surface area contributed by atoms with Crippen LogP contribution in [0.25, 0.3) is 11.3 Å². The van der Waals surface area contributed by atoms with Crippen LogP contribution < -0.4 is 68.9 Å². The van der Waals surface area contributed by atoms with Crippen molar-refractivity contribution in [3.05, 3.63) is 42.4 Å². The van der Waals surface area contributed by atoms with Crippen molar-refractivity contribution >= 4 is 7.82 Å². The first-order valence-corrected chi connectivity index (χ1v) is 12.3. The summed E-state index contributed by atoms with van der Waals surface area (Å²) in [5, 5.41) is 11.4. The fourth-order valence-electron chi connectivity index (χ4n) is 7.52. The zero-order valence-electron chi connectivity index (χ0n) is 18.6. The molecule has 0 spiro atoms. The van der Waals surface area contributed by atoms with Gasteiger partial charge < -0.3 is 28.5 Å². The van der Waals surface area contributed by atoms with Crippen LogP contribution in [0.3, 0.4) is 0 Å². The van der Waals surface area contributed by atoms with Crippen molar-refractivity contribution in [2.24, 2.45) is 23.7 Å². The fourth-order valence-corrected chi connectivity index (χ4v) is 8.22. The van der Waals surface area contributed by atoms with E-state index in [1.807, 2.05) is 24.7 Å². The van der Waals surface area contributed by atoms with Gasteiger partial charge in [-0.05, 0) is 67.8 Å². The van der Waals surface area contributed by atoms with E-state index in [0.717, 1.165) is 18.5 Å². The van der Waals surface area contributed by atoms with Crippen molar-refractivity contribution < 1.29 is 83.1 Å². The summed E-state index contributed by atoms with van der Waals surface area (Å²) >= 11 is 0. The first kappa shape index (κ1) is 25.6. The topological polar surface area (TPSA) is 110 Å². The number of aliphatic hydroxyl groups excluding tert-OH is 1. The third-order valence-electron chi connectivity index (χ3n) is 8.10. The largest absolute Gasteiger partial charge is 1.00 e. The molecule has 4 bridgehead atoms. The molecular weight excluding hydrogens is 449 g/mol. The number of phosphoric ester groups is 1. The predicted octanol–water partition coefficient (Wildman–Crippen LogP) is -3.75. The maximum absolute atomic E-state index is 11.4. The van der Waals surface area contributed by atoms with E-state index in [1.165, 1.54) is 11.1 Å². The molecule has 160 valence electrons. The Bertz CT molecular complexity index is 1030. The molecule has 1 aromatic heterocycles. The number of hydrogen-bond acceptors (Lipinski definition) is 6. The molecule has 1 N–H and O–H groups in total. The first-order valence-electron chi connectivity index (χ1n) is 10.8. The molecule has 10 heteroatoms. The van der Waals surface area contributed by atoms with Gasteiger partial charge in [-0.15, -0.1) is 0 Å². The van der Waals surface area contributed by atoms with Crippen LogP contribution in [-0.2, 0) is 9.09 Å². The van der Waals surface area contributed by atoms with Gasteiger partial charge in [0.1, 0.15) is 0 Å². The molecule has 2 heterocycles. The van der Waals surface area contributed by atoms with E-state index in [9.17, 15) is 19.5 Å². The van der Waals surface area contributed by atoms with E-state index in [1.54, 1.807) is 0 Å². The Morgan fingerprint density at radius 3 is 2.56 bits per heavy atom. The number of imidazole rings is 1. The summed E-state index contributed by atoms with van der Waals surface area (Å²) in [5.41, 5.74) is 2.65. The standard InChI is InChI=1S/C22H27N2O5P.2Na/c25-20(7-18-16-3-1-2-4-17(16)19-11-23-12-24(18)19)21-14-5-13-6-15(21)10-22(8-13,9-14)29-30(26,27)28;;/h1-4,11-15,18,20-21,25H,5-10H2,(H2,26,27,28);;/q;2*+1/p-2. The number of phosphoric acid groups is 1. The van der Waals surface area contributed by atoms with Crippen molar-refractivity contribution in [3.63, 3.8) is 0 Å².